The fraction of sp³-hybridized carbons (Fsp3) is 0.294. The van der Waals surface area contributed by atoms with E-state index in [0.29, 0.717) is 12.3 Å². The summed E-state index contributed by atoms with van der Waals surface area (Å²) in [5.41, 5.74) is 4.05. The Kier molecular flexibility index (Phi) is 5.88. The van der Waals surface area contributed by atoms with E-state index in [-0.39, 0.29) is 30.7 Å². The lowest BCUT2D eigenvalue weighted by atomic mass is 10.0. The van der Waals surface area contributed by atoms with Crippen molar-refractivity contribution in [1.29, 1.82) is 0 Å². The van der Waals surface area contributed by atoms with Gasteiger partial charge in [0.1, 0.15) is 22.9 Å². The number of pyridine rings is 2. The van der Waals surface area contributed by atoms with Crippen molar-refractivity contribution in [2.75, 3.05) is 18.1 Å². The van der Waals surface area contributed by atoms with Crippen LogP contribution in [0.4, 0.5) is 14.6 Å². The van der Waals surface area contributed by atoms with Crippen molar-refractivity contribution in [2.45, 2.75) is 19.9 Å². The third-order valence-corrected chi connectivity index (χ3v) is 6.08. The number of carbonyl (C=O) groups excluding carboxylic acids is 1. The van der Waals surface area contributed by atoms with Gasteiger partial charge in [0, 0.05) is 13.1 Å². The van der Waals surface area contributed by atoms with Crippen molar-refractivity contribution in [3.8, 4) is 0 Å². The summed E-state index contributed by atoms with van der Waals surface area (Å²) >= 11 is 0. The molecule has 2 aromatic heterocycles. The molecule has 1 atom stereocenters. The predicted octanol–water partition coefficient (Wildman–Crippen LogP) is 1.45. The molecule has 0 aliphatic carbocycles. The van der Waals surface area contributed by atoms with Gasteiger partial charge in [0.2, 0.25) is 16.0 Å². The lowest BCUT2D eigenvalue weighted by molar-refractivity contribution is 0.101. The van der Waals surface area contributed by atoms with Crippen molar-refractivity contribution in [2.24, 2.45) is 10.7 Å². The van der Waals surface area contributed by atoms with Gasteiger partial charge < -0.3 is 11.1 Å². The zero-order chi connectivity index (χ0) is 20.7. The maximum Gasteiger partial charge on any atom is 0.278 e. The van der Waals surface area contributed by atoms with Crippen LogP contribution in [0.3, 0.4) is 0 Å². The number of rotatable bonds is 3. The lowest BCUT2D eigenvalue weighted by Gasteiger charge is -2.33. The van der Waals surface area contributed by atoms with Crippen molar-refractivity contribution in [1.82, 2.24) is 14.3 Å². The number of guanidine groups is 1. The van der Waals surface area contributed by atoms with Gasteiger partial charge in [0.15, 0.2) is 11.5 Å². The number of aliphatic imine (C=N–C) groups is 1. The van der Waals surface area contributed by atoms with Crippen LogP contribution < -0.4 is 11.1 Å². The highest BCUT2D eigenvalue weighted by atomic mass is 32.2. The van der Waals surface area contributed by atoms with E-state index in [1.807, 2.05) is 0 Å². The molecule has 0 aromatic carbocycles. The Labute approximate surface area is 166 Å². The Hall–Kier alpha value is -3.15. The van der Waals surface area contributed by atoms with Crippen LogP contribution in [0.5, 0.6) is 0 Å². The van der Waals surface area contributed by atoms with Gasteiger partial charge in [-0.05, 0) is 19.1 Å². The topological polar surface area (TPSA) is 131 Å². The largest absolute Gasteiger partial charge is 0.369 e. The number of anilines is 1. The molecular formula is C17H20F2N6O3S. The number of hydrogen-bond donors (Lipinski definition) is 2. The van der Waals surface area contributed by atoms with Crippen LogP contribution in [0, 0.1) is 11.6 Å². The van der Waals surface area contributed by atoms with Crippen LogP contribution >= 0.6 is 0 Å². The first-order valence-electron chi connectivity index (χ1n) is 7.94. The molecule has 0 saturated heterocycles. The highest BCUT2D eigenvalue weighted by molar-refractivity contribution is 7.89. The predicted molar refractivity (Wildman–Crippen MR) is 104 cm³/mol. The average molecular weight is 426 g/mol. The third kappa shape index (κ3) is 4.31. The minimum absolute atomic E-state index is 0. The first kappa shape index (κ1) is 22.1. The summed E-state index contributed by atoms with van der Waals surface area (Å²) in [6.45, 7) is 1.54. The zero-order valence-electron chi connectivity index (χ0n) is 14.8. The number of sulfonamides is 1. The monoisotopic (exact) mass is 426 g/mol. The normalized spacial score (nSPS) is 20.4. The molecule has 0 radical (unpaired) electrons. The smallest absolute Gasteiger partial charge is 0.278 e. The molecule has 3 N–H and O–H groups in total. The van der Waals surface area contributed by atoms with E-state index >= 15 is 0 Å². The third-order valence-electron chi connectivity index (χ3n) is 4.13. The van der Waals surface area contributed by atoms with Gasteiger partial charge in [-0.15, -0.1) is 0 Å². The van der Waals surface area contributed by atoms with E-state index < -0.39 is 38.8 Å². The fourth-order valence-corrected chi connectivity index (χ4v) is 4.08. The number of nitrogens with zero attached hydrogens (tertiary/aromatic N) is 4. The van der Waals surface area contributed by atoms with E-state index in [2.05, 4.69) is 20.3 Å². The quantitative estimate of drug-likeness (QED) is 0.764. The minimum atomic E-state index is -3.70. The van der Waals surface area contributed by atoms with E-state index in [1.165, 1.54) is 25.2 Å². The molecule has 9 nitrogen and oxygen atoms in total. The van der Waals surface area contributed by atoms with Gasteiger partial charge in [0.25, 0.3) is 5.91 Å². The molecule has 1 aliphatic heterocycles. The summed E-state index contributed by atoms with van der Waals surface area (Å²) in [6.07, 6.45) is 0.712. The van der Waals surface area contributed by atoms with Crippen LogP contribution in [0.25, 0.3) is 0 Å². The summed E-state index contributed by atoms with van der Waals surface area (Å²) in [7, 11) is -2.41. The number of aromatic nitrogens is 2. The van der Waals surface area contributed by atoms with E-state index in [1.54, 1.807) is 6.92 Å². The summed E-state index contributed by atoms with van der Waals surface area (Å²) < 4.78 is 52.1. The molecule has 0 spiro atoms. The SMILES string of the molecule is C.CN1C(N)=N[C@](C)(c2cccc(NC(=O)c3ncc(F)cc3F)n2)CS1(=O)=O. The molecule has 0 saturated carbocycles. The summed E-state index contributed by atoms with van der Waals surface area (Å²) in [5.74, 6) is -3.54. The number of hydrogen-bond acceptors (Lipinski definition) is 7. The Bertz CT molecular complexity index is 1090. The Morgan fingerprint density at radius 1 is 1.34 bits per heavy atom. The van der Waals surface area contributed by atoms with Gasteiger partial charge in [0.05, 0.1) is 11.9 Å². The lowest BCUT2D eigenvalue weighted by Crippen LogP contribution is -2.50. The van der Waals surface area contributed by atoms with Crippen molar-refractivity contribution >= 4 is 27.7 Å². The molecule has 3 rings (SSSR count). The summed E-state index contributed by atoms with van der Waals surface area (Å²) in [6, 6.07) is 5.01. The highest BCUT2D eigenvalue weighted by Gasteiger charge is 2.41. The maximum atomic E-state index is 13.7. The van der Waals surface area contributed by atoms with Crippen LogP contribution in [0.2, 0.25) is 0 Å². The standard InChI is InChI=1S/C16H16F2N6O3S.CH4/c1-16(8-28(26,27)24(2)15(19)23-16)11-4-3-5-12(21-11)22-14(25)13-10(18)6-9(17)7-20-13;/h3-7H,8H2,1-2H3,(H2,19,23)(H,21,22,25);1H4/t16-;/m0./s1. The first-order valence-corrected chi connectivity index (χ1v) is 9.55. The van der Waals surface area contributed by atoms with Gasteiger partial charge in [-0.2, -0.15) is 0 Å². The number of halogens is 2. The van der Waals surface area contributed by atoms with E-state index in [9.17, 15) is 22.0 Å². The molecule has 1 aliphatic rings. The zero-order valence-corrected chi connectivity index (χ0v) is 15.7. The molecule has 12 heteroatoms. The highest BCUT2D eigenvalue weighted by Crippen LogP contribution is 2.31. The first-order chi connectivity index (χ1) is 13.0. The molecule has 2 aromatic rings. The second-order valence-electron chi connectivity index (χ2n) is 6.31. The molecule has 0 bridgehead atoms. The number of nitrogens with one attached hydrogen (secondary N) is 1. The number of nitrogens with two attached hydrogens (primary N) is 1. The van der Waals surface area contributed by atoms with Crippen molar-refractivity contribution in [3.05, 3.63) is 53.5 Å². The maximum absolute atomic E-state index is 13.7. The van der Waals surface area contributed by atoms with Crippen molar-refractivity contribution in [3.63, 3.8) is 0 Å². The Morgan fingerprint density at radius 3 is 2.66 bits per heavy atom. The second-order valence-corrected chi connectivity index (χ2v) is 8.31. The van der Waals surface area contributed by atoms with E-state index in [4.69, 9.17) is 5.73 Å². The molecule has 29 heavy (non-hydrogen) atoms. The average Bonchev–Trinajstić information content (AvgIpc) is 2.59. The van der Waals surface area contributed by atoms with Crippen LogP contribution in [0.1, 0.15) is 30.5 Å². The molecular weight excluding hydrogens is 406 g/mol. The fourth-order valence-electron chi connectivity index (χ4n) is 2.64. The van der Waals surface area contributed by atoms with Gasteiger partial charge in [-0.25, -0.2) is 36.5 Å². The second kappa shape index (κ2) is 7.70. The molecule has 156 valence electrons. The van der Waals surface area contributed by atoms with Crippen molar-refractivity contribution < 1.29 is 22.0 Å². The van der Waals surface area contributed by atoms with Crippen LogP contribution in [-0.4, -0.2) is 47.4 Å². The summed E-state index contributed by atoms with van der Waals surface area (Å²) in [4.78, 5) is 24.0. The number of carbonyl (C=O) groups is 1. The van der Waals surface area contributed by atoms with Gasteiger partial charge in [-0.3, -0.25) is 4.79 Å². The molecule has 1 amide bonds. The molecule has 0 fully saturated rings. The molecule has 0 unspecified atom stereocenters. The molecule has 3 heterocycles. The van der Waals surface area contributed by atoms with Crippen LogP contribution in [0.15, 0.2) is 35.5 Å². The van der Waals surface area contributed by atoms with Gasteiger partial charge in [-0.1, -0.05) is 13.5 Å². The Morgan fingerprint density at radius 2 is 2.03 bits per heavy atom. The minimum Gasteiger partial charge on any atom is -0.369 e. The van der Waals surface area contributed by atoms with E-state index in [0.717, 1.165) is 4.31 Å². The summed E-state index contributed by atoms with van der Waals surface area (Å²) in [5, 5.41) is 2.34. The van der Waals surface area contributed by atoms with Crippen LogP contribution in [-0.2, 0) is 15.6 Å². The Balaban J connectivity index is 0.00000300. The van der Waals surface area contributed by atoms with Gasteiger partial charge >= 0.3 is 0 Å². The number of amides is 1.